The molecule has 0 amide bonds. The number of aliphatic hydroxyl groups excluding tert-OH is 1. The summed E-state index contributed by atoms with van der Waals surface area (Å²) in [6.45, 7) is 7.32. The van der Waals surface area contributed by atoms with Gasteiger partial charge >= 0.3 is 0 Å². The van der Waals surface area contributed by atoms with Gasteiger partial charge in [-0.15, -0.1) is 5.10 Å². The molecule has 1 aliphatic heterocycles. The molecule has 0 saturated carbocycles. The van der Waals surface area contributed by atoms with Gasteiger partial charge in [0.25, 0.3) is 0 Å². The molecule has 0 aromatic carbocycles. The van der Waals surface area contributed by atoms with Crippen LogP contribution in [0.15, 0.2) is 6.20 Å². The lowest BCUT2D eigenvalue weighted by Crippen LogP contribution is -2.42. The van der Waals surface area contributed by atoms with E-state index in [9.17, 15) is 5.11 Å². The van der Waals surface area contributed by atoms with Crippen molar-refractivity contribution in [2.75, 3.05) is 18.5 Å². The Hall–Kier alpha value is -1.44. The van der Waals surface area contributed by atoms with Crippen LogP contribution < -0.4 is 5.32 Å². The third-order valence-electron chi connectivity index (χ3n) is 4.42. The highest BCUT2D eigenvalue weighted by atomic mass is 35.5. The second kappa shape index (κ2) is 6.59. The summed E-state index contributed by atoms with van der Waals surface area (Å²) in [5, 5.41) is 18.1. The highest BCUT2D eigenvalue weighted by Crippen LogP contribution is 2.27. The van der Waals surface area contributed by atoms with Crippen LogP contribution in [0, 0.1) is 5.92 Å². The monoisotopic (exact) mass is 339 g/mol. The number of aromatic nitrogens is 4. The number of aliphatic hydroxyl groups is 1. The number of hydrogen-bond acceptors (Lipinski definition) is 6. The Balaban J connectivity index is 1.92. The van der Waals surface area contributed by atoms with Gasteiger partial charge in [-0.05, 0) is 12.3 Å². The molecule has 1 aliphatic rings. The minimum absolute atomic E-state index is 0.119. The zero-order valence-corrected chi connectivity index (χ0v) is 14.3. The second-order valence-corrected chi connectivity index (χ2v) is 6.71. The molecule has 3 atom stereocenters. The number of halogens is 1. The minimum Gasteiger partial charge on any atom is -0.389 e. The third-order valence-corrected chi connectivity index (χ3v) is 4.70. The first-order valence-corrected chi connectivity index (χ1v) is 8.28. The number of nitrogens with one attached hydrogen (secondary N) is 1. The van der Waals surface area contributed by atoms with Gasteiger partial charge < -0.3 is 15.2 Å². The smallest absolute Gasteiger partial charge is 0.241 e. The number of nitrogens with zero attached hydrogens (tertiary/aromatic N) is 4. The summed E-state index contributed by atoms with van der Waals surface area (Å²) in [6.07, 6.45) is 1.80. The fraction of sp³-hybridized carbons (Fsp3) is 0.667. The van der Waals surface area contributed by atoms with Crippen molar-refractivity contribution in [3.05, 3.63) is 17.2 Å². The van der Waals surface area contributed by atoms with Crippen molar-refractivity contribution in [2.45, 2.75) is 45.3 Å². The predicted molar refractivity (Wildman–Crippen MR) is 87.9 cm³/mol. The third kappa shape index (κ3) is 3.27. The van der Waals surface area contributed by atoms with E-state index in [0.29, 0.717) is 42.2 Å². The molecule has 8 heteroatoms. The molecule has 23 heavy (non-hydrogen) atoms. The minimum atomic E-state index is -0.566. The lowest BCUT2D eigenvalue weighted by molar-refractivity contribution is -0.0136. The van der Waals surface area contributed by atoms with Crippen LogP contribution in [0.1, 0.15) is 38.9 Å². The first-order valence-electron chi connectivity index (χ1n) is 7.91. The fourth-order valence-corrected chi connectivity index (χ4v) is 2.80. The van der Waals surface area contributed by atoms with Gasteiger partial charge in [0, 0.05) is 12.5 Å². The number of fused-ring (bicyclic) bond motifs is 1. The van der Waals surface area contributed by atoms with Crippen LogP contribution in [0.3, 0.4) is 0 Å². The molecule has 2 N–H and O–H groups in total. The molecule has 1 fully saturated rings. The van der Waals surface area contributed by atoms with Crippen molar-refractivity contribution in [3.63, 3.8) is 0 Å². The molecule has 1 unspecified atom stereocenters. The molecule has 3 heterocycles. The largest absolute Gasteiger partial charge is 0.389 e. The normalized spacial score (nSPS) is 23.4. The van der Waals surface area contributed by atoms with Crippen molar-refractivity contribution < 1.29 is 9.84 Å². The molecule has 1 saturated heterocycles. The van der Waals surface area contributed by atoms with Crippen LogP contribution in [-0.2, 0) is 4.74 Å². The molecule has 2 aromatic heterocycles. The summed E-state index contributed by atoms with van der Waals surface area (Å²) in [6, 6.07) is -0.119. The molecule has 7 nitrogen and oxygen atoms in total. The lowest BCUT2D eigenvalue weighted by Gasteiger charge is -2.28. The van der Waals surface area contributed by atoms with Gasteiger partial charge in [0.1, 0.15) is 11.3 Å². The van der Waals surface area contributed by atoms with E-state index >= 15 is 0 Å². The van der Waals surface area contributed by atoms with Crippen molar-refractivity contribution in [1.29, 1.82) is 0 Å². The van der Waals surface area contributed by atoms with E-state index in [0.717, 1.165) is 5.82 Å². The SMILES string of the molecule is CC(C)C(C)c1nc(Cl)c2cnc(N[C@@H]3CCOC[C@H]3O)nn12. The maximum atomic E-state index is 9.98. The van der Waals surface area contributed by atoms with Gasteiger partial charge in [0.15, 0.2) is 5.15 Å². The number of hydrogen-bond donors (Lipinski definition) is 2. The van der Waals surface area contributed by atoms with Gasteiger partial charge in [-0.3, -0.25) is 0 Å². The highest BCUT2D eigenvalue weighted by Gasteiger charge is 2.25. The first kappa shape index (κ1) is 16.4. The van der Waals surface area contributed by atoms with Crippen molar-refractivity contribution in [3.8, 4) is 0 Å². The first-order chi connectivity index (χ1) is 11.0. The Morgan fingerprint density at radius 2 is 2.22 bits per heavy atom. The molecule has 126 valence electrons. The van der Waals surface area contributed by atoms with Crippen LogP contribution in [0.2, 0.25) is 5.15 Å². The van der Waals surface area contributed by atoms with Gasteiger partial charge in [-0.2, -0.15) is 0 Å². The maximum absolute atomic E-state index is 9.98. The van der Waals surface area contributed by atoms with E-state index in [1.54, 1.807) is 10.7 Å². The van der Waals surface area contributed by atoms with Crippen LogP contribution in [0.5, 0.6) is 0 Å². The predicted octanol–water partition coefficient (Wildman–Crippen LogP) is 2.10. The Morgan fingerprint density at radius 1 is 1.43 bits per heavy atom. The zero-order chi connectivity index (χ0) is 16.6. The van der Waals surface area contributed by atoms with E-state index < -0.39 is 6.10 Å². The lowest BCUT2D eigenvalue weighted by atomic mass is 9.98. The summed E-state index contributed by atoms with van der Waals surface area (Å²) in [4.78, 5) is 8.74. The average Bonchev–Trinajstić information content (AvgIpc) is 2.85. The van der Waals surface area contributed by atoms with Crippen molar-refractivity contribution in [2.24, 2.45) is 5.92 Å². The molecular formula is C15H22ClN5O2. The Kier molecular flexibility index (Phi) is 4.70. The molecule has 0 spiro atoms. The standard InChI is InChI=1S/C15H22ClN5O2/c1-8(2)9(3)14-19-13(16)11-6-17-15(20-21(11)14)18-10-4-5-23-7-12(10)22/h6,8-10,12,22H,4-5,7H2,1-3H3,(H,18,20)/t9?,10-,12-/m1/s1. The van der Waals surface area contributed by atoms with E-state index in [2.05, 4.69) is 41.2 Å². The molecule has 0 aliphatic carbocycles. The molecule has 3 rings (SSSR count). The highest BCUT2D eigenvalue weighted by molar-refractivity contribution is 6.32. The number of anilines is 1. The summed E-state index contributed by atoms with van der Waals surface area (Å²) < 4.78 is 6.98. The van der Waals surface area contributed by atoms with Gasteiger partial charge in [0.05, 0.1) is 24.9 Å². The summed E-state index contributed by atoms with van der Waals surface area (Å²) in [5.41, 5.74) is 0.687. The topological polar surface area (TPSA) is 84.6 Å². The van der Waals surface area contributed by atoms with Crippen LogP contribution in [0.4, 0.5) is 5.95 Å². The van der Waals surface area contributed by atoms with Gasteiger partial charge in [-0.25, -0.2) is 14.5 Å². The maximum Gasteiger partial charge on any atom is 0.241 e. The number of imidazole rings is 1. The van der Waals surface area contributed by atoms with Crippen molar-refractivity contribution >= 4 is 23.1 Å². The van der Waals surface area contributed by atoms with Gasteiger partial charge in [0.2, 0.25) is 5.95 Å². The Bertz CT molecular complexity index is 690. The summed E-state index contributed by atoms with van der Waals surface area (Å²) in [5.74, 6) is 1.90. The fourth-order valence-electron chi connectivity index (χ4n) is 2.59. The average molecular weight is 340 g/mol. The molecule has 0 radical (unpaired) electrons. The van der Waals surface area contributed by atoms with Crippen LogP contribution in [0.25, 0.3) is 5.52 Å². The molecular weight excluding hydrogens is 318 g/mol. The second-order valence-electron chi connectivity index (χ2n) is 6.35. The van der Waals surface area contributed by atoms with E-state index in [1.807, 2.05) is 0 Å². The van der Waals surface area contributed by atoms with E-state index in [4.69, 9.17) is 16.3 Å². The van der Waals surface area contributed by atoms with Crippen LogP contribution in [-0.4, -0.2) is 50.0 Å². The number of rotatable bonds is 4. The number of ether oxygens (including phenoxy) is 1. The van der Waals surface area contributed by atoms with E-state index in [1.165, 1.54) is 0 Å². The molecule has 0 bridgehead atoms. The van der Waals surface area contributed by atoms with E-state index in [-0.39, 0.29) is 12.0 Å². The quantitative estimate of drug-likeness (QED) is 0.887. The Labute approximate surface area is 140 Å². The van der Waals surface area contributed by atoms with Crippen LogP contribution >= 0.6 is 11.6 Å². The summed E-state index contributed by atoms with van der Waals surface area (Å²) >= 11 is 6.21. The molecule has 2 aromatic rings. The Morgan fingerprint density at radius 3 is 2.91 bits per heavy atom. The van der Waals surface area contributed by atoms with Gasteiger partial charge in [-0.1, -0.05) is 32.4 Å². The zero-order valence-electron chi connectivity index (χ0n) is 13.5. The van der Waals surface area contributed by atoms with Crippen molar-refractivity contribution in [1.82, 2.24) is 19.6 Å². The summed E-state index contributed by atoms with van der Waals surface area (Å²) in [7, 11) is 0.